The van der Waals surface area contributed by atoms with E-state index < -0.39 is 0 Å². The van der Waals surface area contributed by atoms with Crippen LogP contribution < -0.4 is 4.90 Å². The van der Waals surface area contributed by atoms with Crippen molar-refractivity contribution in [1.29, 1.82) is 0 Å². The van der Waals surface area contributed by atoms with E-state index in [1.54, 1.807) is 0 Å². The van der Waals surface area contributed by atoms with E-state index in [0.29, 0.717) is 0 Å². The van der Waals surface area contributed by atoms with E-state index in [-0.39, 0.29) is 10.8 Å². The monoisotopic (exact) mass is 257 g/mol. The largest absolute Gasteiger partial charge is 0.371 e. The first-order chi connectivity index (χ1) is 8.87. The summed E-state index contributed by atoms with van der Waals surface area (Å²) in [6.07, 6.45) is 3.35. The molecule has 0 fully saturated rings. The Balaban J connectivity index is 2.34. The zero-order valence-corrected chi connectivity index (χ0v) is 12.4. The van der Waals surface area contributed by atoms with Crippen LogP contribution in [0.25, 0.3) is 0 Å². The smallest absolute Gasteiger partial charge is 0.150 e. The van der Waals surface area contributed by atoms with Crippen LogP contribution in [0.1, 0.15) is 62.0 Å². The van der Waals surface area contributed by atoms with E-state index in [9.17, 15) is 4.79 Å². The van der Waals surface area contributed by atoms with Crippen molar-refractivity contribution in [3.63, 3.8) is 0 Å². The second-order valence-electron chi connectivity index (χ2n) is 7.30. The van der Waals surface area contributed by atoms with Gasteiger partial charge in [0.1, 0.15) is 6.29 Å². The van der Waals surface area contributed by atoms with Gasteiger partial charge in [-0.3, -0.25) is 4.79 Å². The lowest BCUT2D eigenvalue weighted by atomic mass is 9.68. The molecule has 2 aliphatic heterocycles. The molecule has 0 aromatic heterocycles. The summed E-state index contributed by atoms with van der Waals surface area (Å²) in [5, 5.41) is 0. The van der Waals surface area contributed by atoms with Gasteiger partial charge in [0.05, 0.1) is 0 Å². The molecular weight excluding hydrogens is 234 g/mol. The summed E-state index contributed by atoms with van der Waals surface area (Å²) in [6.45, 7) is 11.4. The average Bonchev–Trinajstić information content (AvgIpc) is 2.35. The van der Waals surface area contributed by atoms with Gasteiger partial charge in [-0.1, -0.05) is 39.8 Å². The Hall–Kier alpha value is -1.31. The number of benzene rings is 1. The summed E-state index contributed by atoms with van der Waals surface area (Å²) < 4.78 is 0. The number of carbonyl (C=O) groups is 1. The Morgan fingerprint density at radius 1 is 1.05 bits per heavy atom. The standard InChI is InChI=1S/C17H23NO/c1-16(2)7-9-18-10-8-17(3,4)14-12(11-19)5-6-13(16)15(14)18/h5-6,11H,7-10H2,1-4H3. The highest BCUT2D eigenvalue weighted by Crippen LogP contribution is 2.49. The van der Waals surface area contributed by atoms with Crippen molar-refractivity contribution >= 4 is 12.0 Å². The highest BCUT2D eigenvalue weighted by molar-refractivity contribution is 5.84. The normalized spacial score (nSPS) is 22.8. The maximum Gasteiger partial charge on any atom is 0.150 e. The Labute approximate surface area is 115 Å². The number of aldehydes is 1. The first-order valence-electron chi connectivity index (χ1n) is 7.25. The van der Waals surface area contributed by atoms with Gasteiger partial charge in [0, 0.05) is 24.3 Å². The number of rotatable bonds is 1. The van der Waals surface area contributed by atoms with Crippen molar-refractivity contribution < 1.29 is 4.79 Å². The second kappa shape index (κ2) is 3.84. The molecule has 0 aliphatic carbocycles. The van der Waals surface area contributed by atoms with Gasteiger partial charge in [-0.15, -0.1) is 0 Å². The molecule has 0 atom stereocenters. The van der Waals surface area contributed by atoms with Crippen LogP contribution in [-0.4, -0.2) is 19.4 Å². The Morgan fingerprint density at radius 3 is 2.32 bits per heavy atom. The van der Waals surface area contributed by atoms with E-state index in [1.165, 1.54) is 23.2 Å². The third-order valence-corrected chi connectivity index (χ3v) is 5.07. The van der Waals surface area contributed by atoms with Crippen molar-refractivity contribution in [3.05, 3.63) is 28.8 Å². The van der Waals surface area contributed by atoms with Gasteiger partial charge in [-0.2, -0.15) is 0 Å². The van der Waals surface area contributed by atoms with Crippen molar-refractivity contribution in [2.45, 2.75) is 51.4 Å². The van der Waals surface area contributed by atoms with Crippen LogP contribution in [0, 0.1) is 0 Å². The summed E-state index contributed by atoms with van der Waals surface area (Å²) >= 11 is 0. The van der Waals surface area contributed by atoms with E-state index in [2.05, 4.69) is 38.7 Å². The first-order valence-corrected chi connectivity index (χ1v) is 7.25. The lowest BCUT2D eigenvalue weighted by molar-refractivity contribution is 0.112. The number of hydrogen-bond donors (Lipinski definition) is 0. The molecule has 102 valence electrons. The van der Waals surface area contributed by atoms with Crippen LogP contribution in [0.4, 0.5) is 5.69 Å². The Kier molecular flexibility index (Phi) is 2.57. The molecule has 0 spiro atoms. The van der Waals surface area contributed by atoms with Crippen molar-refractivity contribution in [2.24, 2.45) is 0 Å². The topological polar surface area (TPSA) is 20.3 Å². The van der Waals surface area contributed by atoms with Gasteiger partial charge in [0.25, 0.3) is 0 Å². The maximum atomic E-state index is 11.4. The molecule has 0 saturated carbocycles. The summed E-state index contributed by atoms with van der Waals surface area (Å²) in [6, 6.07) is 4.20. The molecule has 0 amide bonds. The second-order valence-corrected chi connectivity index (χ2v) is 7.30. The highest BCUT2D eigenvalue weighted by Gasteiger charge is 2.40. The molecular formula is C17H23NO. The minimum absolute atomic E-state index is 0.103. The molecule has 3 rings (SSSR count). The van der Waals surface area contributed by atoms with Crippen molar-refractivity contribution in [3.8, 4) is 0 Å². The zero-order chi connectivity index (χ0) is 13.8. The summed E-state index contributed by atoms with van der Waals surface area (Å²) in [4.78, 5) is 13.9. The number of hydrogen-bond acceptors (Lipinski definition) is 2. The summed E-state index contributed by atoms with van der Waals surface area (Å²) in [5.74, 6) is 0. The average molecular weight is 257 g/mol. The Bertz CT molecular complexity index is 540. The van der Waals surface area contributed by atoms with Crippen LogP contribution in [-0.2, 0) is 10.8 Å². The molecule has 2 heteroatoms. The molecule has 0 saturated heterocycles. The van der Waals surface area contributed by atoms with Crippen LogP contribution in [0.5, 0.6) is 0 Å². The number of carbonyl (C=O) groups excluding carboxylic acids is 1. The molecule has 19 heavy (non-hydrogen) atoms. The van der Waals surface area contributed by atoms with Gasteiger partial charge in [-0.05, 0) is 34.8 Å². The number of anilines is 1. The van der Waals surface area contributed by atoms with Gasteiger partial charge < -0.3 is 4.90 Å². The predicted octanol–water partition coefficient (Wildman–Crippen LogP) is 3.67. The van der Waals surface area contributed by atoms with E-state index in [4.69, 9.17) is 0 Å². The van der Waals surface area contributed by atoms with E-state index in [0.717, 1.165) is 31.4 Å². The van der Waals surface area contributed by atoms with Gasteiger partial charge in [0.15, 0.2) is 0 Å². The lowest BCUT2D eigenvalue weighted by Gasteiger charge is -2.48. The summed E-state index contributed by atoms with van der Waals surface area (Å²) in [7, 11) is 0. The fraction of sp³-hybridized carbons (Fsp3) is 0.588. The molecule has 1 aromatic carbocycles. The quantitative estimate of drug-likeness (QED) is 0.715. The van der Waals surface area contributed by atoms with Crippen LogP contribution in [0.3, 0.4) is 0 Å². The van der Waals surface area contributed by atoms with Crippen LogP contribution >= 0.6 is 0 Å². The molecule has 2 heterocycles. The molecule has 0 unspecified atom stereocenters. The van der Waals surface area contributed by atoms with Crippen LogP contribution in [0.15, 0.2) is 12.1 Å². The molecule has 0 N–H and O–H groups in total. The highest BCUT2D eigenvalue weighted by atomic mass is 16.1. The lowest BCUT2D eigenvalue weighted by Crippen LogP contribution is -2.45. The van der Waals surface area contributed by atoms with E-state index >= 15 is 0 Å². The summed E-state index contributed by atoms with van der Waals surface area (Å²) in [5.41, 5.74) is 5.26. The maximum absolute atomic E-state index is 11.4. The molecule has 1 aromatic rings. The van der Waals surface area contributed by atoms with Crippen molar-refractivity contribution in [2.75, 3.05) is 18.0 Å². The third kappa shape index (κ3) is 1.73. The Morgan fingerprint density at radius 2 is 1.68 bits per heavy atom. The minimum atomic E-state index is 0.103. The SMILES string of the molecule is CC1(C)CCN2CCC(C)(C)c3c(C=O)ccc1c32. The zero-order valence-electron chi connectivity index (χ0n) is 12.4. The molecule has 0 radical (unpaired) electrons. The fourth-order valence-electron chi connectivity index (χ4n) is 3.71. The third-order valence-electron chi connectivity index (χ3n) is 5.07. The molecule has 2 nitrogen and oxygen atoms in total. The molecule has 0 bridgehead atoms. The fourth-order valence-corrected chi connectivity index (χ4v) is 3.71. The van der Waals surface area contributed by atoms with Gasteiger partial charge in [0.2, 0.25) is 0 Å². The van der Waals surface area contributed by atoms with Crippen molar-refractivity contribution in [1.82, 2.24) is 0 Å². The molecule has 2 aliphatic rings. The first kappa shape index (κ1) is 12.7. The predicted molar refractivity (Wildman–Crippen MR) is 79.3 cm³/mol. The number of nitrogens with zero attached hydrogens (tertiary/aromatic N) is 1. The minimum Gasteiger partial charge on any atom is -0.371 e. The van der Waals surface area contributed by atoms with Gasteiger partial charge in [-0.25, -0.2) is 0 Å². The van der Waals surface area contributed by atoms with E-state index in [1.807, 2.05) is 6.07 Å². The van der Waals surface area contributed by atoms with Crippen LogP contribution in [0.2, 0.25) is 0 Å². The van der Waals surface area contributed by atoms with Gasteiger partial charge >= 0.3 is 0 Å².